The lowest BCUT2D eigenvalue weighted by Crippen LogP contribution is -2.21. The van der Waals surface area contributed by atoms with Gasteiger partial charge in [0.05, 0.1) is 12.2 Å². The molecule has 1 fully saturated rings. The maximum absolute atomic E-state index is 10.5. The minimum absolute atomic E-state index is 0.224. The van der Waals surface area contributed by atoms with Gasteiger partial charge in [0, 0.05) is 6.42 Å². The van der Waals surface area contributed by atoms with Gasteiger partial charge < -0.3 is 15.3 Å². The zero-order valence-corrected chi connectivity index (χ0v) is 15.2. The Balaban J connectivity index is 2.26. The Bertz CT molecular complexity index is 367. The van der Waals surface area contributed by atoms with Gasteiger partial charge in [0.2, 0.25) is 0 Å². The second-order valence-corrected chi connectivity index (χ2v) is 7.29. The summed E-state index contributed by atoms with van der Waals surface area (Å²) in [6.07, 6.45) is 14.4. The third-order valence-corrected chi connectivity index (χ3v) is 5.27. The third-order valence-electron chi connectivity index (χ3n) is 5.27. The van der Waals surface area contributed by atoms with Crippen LogP contribution in [0.25, 0.3) is 0 Å². The minimum atomic E-state index is -0.736. The molecule has 1 aliphatic rings. The fourth-order valence-corrected chi connectivity index (χ4v) is 3.77. The van der Waals surface area contributed by atoms with Crippen LogP contribution in [0.2, 0.25) is 0 Å². The van der Waals surface area contributed by atoms with E-state index in [1.54, 1.807) is 0 Å². The molecule has 1 saturated carbocycles. The van der Waals surface area contributed by atoms with Crippen molar-refractivity contribution in [1.29, 1.82) is 0 Å². The first-order chi connectivity index (χ1) is 11.5. The number of aliphatic hydroxyl groups excluding tert-OH is 2. The van der Waals surface area contributed by atoms with E-state index < -0.39 is 5.97 Å². The molecule has 0 aromatic carbocycles. The molecule has 0 spiro atoms. The second-order valence-electron chi connectivity index (χ2n) is 7.29. The minimum Gasteiger partial charge on any atom is -0.481 e. The molecule has 0 aliphatic heterocycles. The average molecular weight is 341 g/mol. The molecule has 0 aromatic rings. The predicted octanol–water partition coefficient (Wildman–Crippen LogP) is 4.30. The van der Waals surface area contributed by atoms with Gasteiger partial charge in [0.1, 0.15) is 0 Å². The zero-order chi connectivity index (χ0) is 17.8. The van der Waals surface area contributed by atoms with E-state index in [1.807, 2.05) is 0 Å². The molecule has 1 rings (SSSR count). The second kappa shape index (κ2) is 12.5. The molecule has 1 aliphatic carbocycles. The van der Waals surface area contributed by atoms with Crippen LogP contribution in [0.15, 0.2) is 12.2 Å². The SMILES string of the molecule is CCCCCC(O)CCC1C(O)CCC1CC=CCCCC(=O)O. The zero-order valence-electron chi connectivity index (χ0n) is 15.2. The van der Waals surface area contributed by atoms with Crippen molar-refractivity contribution >= 4 is 5.97 Å². The van der Waals surface area contributed by atoms with E-state index in [0.717, 1.165) is 51.4 Å². The summed E-state index contributed by atoms with van der Waals surface area (Å²) < 4.78 is 0. The van der Waals surface area contributed by atoms with Gasteiger partial charge in [-0.25, -0.2) is 0 Å². The Morgan fingerprint density at radius 2 is 1.96 bits per heavy atom. The lowest BCUT2D eigenvalue weighted by molar-refractivity contribution is -0.137. The summed E-state index contributed by atoms with van der Waals surface area (Å²) in [6, 6.07) is 0. The van der Waals surface area contributed by atoms with Crippen molar-refractivity contribution in [2.24, 2.45) is 11.8 Å². The van der Waals surface area contributed by atoms with E-state index in [0.29, 0.717) is 18.3 Å². The first kappa shape index (κ1) is 21.2. The smallest absolute Gasteiger partial charge is 0.303 e. The number of carboxylic acid groups (broad SMARTS) is 1. The summed E-state index contributed by atoms with van der Waals surface area (Å²) in [7, 11) is 0. The maximum atomic E-state index is 10.5. The van der Waals surface area contributed by atoms with Crippen LogP contribution in [-0.2, 0) is 4.79 Å². The number of carbonyl (C=O) groups is 1. The predicted molar refractivity (Wildman–Crippen MR) is 96.8 cm³/mol. The van der Waals surface area contributed by atoms with Crippen LogP contribution < -0.4 is 0 Å². The van der Waals surface area contributed by atoms with Gasteiger partial charge in [-0.3, -0.25) is 4.79 Å². The summed E-state index contributed by atoms with van der Waals surface area (Å²) in [6.45, 7) is 2.17. The first-order valence-electron chi connectivity index (χ1n) is 9.77. The molecule has 0 aromatic heterocycles. The van der Waals surface area contributed by atoms with Crippen molar-refractivity contribution in [1.82, 2.24) is 0 Å². The van der Waals surface area contributed by atoms with Gasteiger partial charge in [-0.05, 0) is 63.2 Å². The molecule has 24 heavy (non-hydrogen) atoms. The molecule has 0 saturated heterocycles. The Labute approximate surface area is 147 Å². The maximum Gasteiger partial charge on any atom is 0.303 e. The van der Waals surface area contributed by atoms with Crippen LogP contribution in [-0.4, -0.2) is 33.5 Å². The highest BCUT2D eigenvalue weighted by Crippen LogP contribution is 2.38. The number of allylic oxidation sites excluding steroid dienone is 2. The van der Waals surface area contributed by atoms with E-state index in [9.17, 15) is 15.0 Å². The van der Waals surface area contributed by atoms with Crippen molar-refractivity contribution in [3.63, 3.8) is 0 Å². The van der Waals surface area contributed by atoms with Gasteiger partial charge >= 0.3 is 5.97 Å². The summed E-state index contributed by atoms with van der Waals surface area (Å²) >= 11 is 0. The van der Waals surface area contributed by atoms with E-state index in [-0.39, 0.29) is 18.6 Å². The Morgan fingerprint density at radius 3 is 2.67 bits per heavy atom. The van der Waals surface area contributed by atoms with Gasteiger partial charge in [0.15, 0.2) is 0 Å². The topological polar surface area (TPSA) is 77.8 Å². The van der Waals surface area contributed by atoms with Crippen molar-refractivity contribution in [2.45, 2.75) is 96.2 Å². The number of hydrogen-bond acceptors (Lipinski definition) is 3. The summed E-state index contributed by atoms with van der Waals surface area (Å²) in [4.78, 5) is 10.5. The van der Waals surface area contributed by atoms with E-state index in [4.69, 9.17) is 5.11 Å². The van der Waals surface area contributed by atoms with E-state index >= 15 is 0 Å². The van der Waals surface area contributed by atoms with Gasteiger partial charge in [0.25, 0.3) is 0 Å². The number of rotatable bonds is 13. The van der Waals surface area contributed by atoms with Gasteiger partial charge in [-0.15, -0.1) is 0 Å². The standard InChI is InChI=1S/C20H36O4/c1-2-3-6-10-17(21)13-14-18-16(12-15-19(18)22)9-7-4-5-8-11-20(23)24/h4,7,16-19,21-22H,2-3,5-6,8-15H2,1H3,(H,23,24). The molecular weight excluding hydrogens is 304 g/mol. The van der Waals surface area contributed by atoms with Crippen LogP contribution >= 0.6 is 0 Å². The van der Waals surface area contributed by atoms with Crippen LogP contribution in [0.3, 0.4) is 0 Å². The van der Waals surface area contributed by atoms with Crippen LogP contribution in [0, 0.1) is 11.8 Å². The third kappa shape index (κ3) is 8.84. The average Bonchev–Trinajstić information content (AvgIpc) is 2.89. The summed E-state index contributed by atoms with van der Waals surface area (Å²) in [5, 5.41) is 28.9. The lowest BCUT2D eigenvalue weighted by atomic mass is 9.86. The number of aliphatic carboxylic acids is 1. The Morgan fingerprint density at radius 1 is 1.17 bits per heavy atom. The summed E-state index contributed by atoms with van der Waals surface area (Å²) in [5.74, 6) is 0.0629. The quantitative estimate of drug-likeness (QED) is 0.345. The van der Waals surface area contributed by atoms with Crippen LogP contribution in [0.4, 0.5) is 0 Å². The summed E-state index contributed by atoms with van der Waals surface area (Å²) in [5.41, 5.74) is 0. The highest BCUT2D eigenvalue weighted by atomic mass is 16.4. The molecule has 0 bridgehead atoms. The van der Waals surface area contributed by atoms with Crippen molar-refractivity contribution in [3.05, 3.63) is 12.2 Å². The van der Waals surface area contributed by atoms with Crippen molar-refractivity contribution in [3.8, 4) is 0 Å². The number of carboxylic acids is 1. The number of aliphatic hydroxyl groups is 2. The highest BCUT2D eigenvalue weighted by Gasteiger charge is 2.33. The van der Waals surface area contributed by atoms with E-state index in [2.05, 4.69) is 19.1 Å². The molecule has 0 amide bonds. The molecule has 4 unspecified atom stereocenters. The largest absolute Gasteiger partial charge is 0.481 e. The number of hydrogen-bond donors (Lipinski definition) is 3. The molecule has 3 N–H and O–H groups in total. The monoisotopic (exact) mass is 340 g/mol. The Kier molecular flexibility index (Phi) is 11.0. The van der Waals surface area contributed by atoms with Gasteiger partial charge in [-0.2, -0.15) is 0 Å². The van der Waals surface area contributed by atoms with Gasteiger partial charge in [-0.1, -0.05) is 38.3 Å². The normalized spacial score (nSPS) is 25.4. The van der Waals surface area contributed by atoms with E-state index in [1.165, 1.54) is 12.8 Å². The molecule has 4 nitrogen and oxygen atoms in total. The van der Waals surface area contributed by atoms with Crippen molar-refractivity contribution in [2.75, 3.05) is 0 Å². The molecular formula is C20H36O4. The molecule has 0 radical (unpaired) electrons. The van der Waals surface area contributed by atoms with Crippen molar-refractivity contribution < 1.29 is 20.1 Å². The fourth-order valence-electron chi connectivity index (χ4n) is 3.77. The first-order valence-corrected chi connectivity index (χ1v) is 9.77. The highest BCUT2D eigenvalue weighted by molar-refractivity contribution is 5.66. The number of unbranched alkanes of at least 4 members (excludes halogenated alkanes) is 3. The molecule has 4 heteroatoms. The molecule has 4 atom stereocenters. The Hall–Kier alpha value is -0.870. The molecule has 0 heterocycles. The van der Waals surface area contributed by atoms with Crippen LogP contribution in [0.5, 0.6) is 0 Å². The van der Waals surface area contributed by atoms with Crippen LogP contribution in [0.1, 0.15) is 84.0 Å². The fraction of sp³-hybridized carbons (Fsp3) is 0.850. The lowest BCUT2D eigenvalue weighted by Gasteiger charge is -2.22. The molecule has 140 valence electrons.